The molecule has 2 rings (SSSR count). The zero-order valence-electron chi connectivity index (χ0n) is 11.6. The van der Waals surface area contributed by atoms with Crippen molar-refractivity contribution in [2.45, 2.75) is 19.5 Å². The Morgan fingerprint density at radius 3 is 2.79 bits per heavy atom. The van der Waals surface area contributed by atoms with Crippen LogP contribution in [-0.2, 0) is 11.3 Å². The van der Waals surface area contributed by atoms with Gasteiger partial charge in [-0.05, 0) is 19.1 Å². The second-order valence-electron chi connectivity index (χ2n) is 4.57. The summed E-state index contributed by atoms with van der Waals surface area (Å²) in [5.41, 5.74) is 1.91. The van der Waals surface area contributed by atoms with Crippen LogP contribution in [0, 0.1) is 0 Å². The Morgan fingerprint density at radius 1 is 1.21 bits per heavy atom. The van der Waals surface area contributed by atoms with Gasteiger partial charge in [-0.2, -0.15) is 0 Å². The maximum atomic E-state index is 5.34. The molecule has 102 valence electrons. The molecule has 0 bridgehead atoms. The number of ether oxygens (including phenoxy) is 2. The molecule has 0 aliphatic rings. The third-order valence-corrected chi connectivity index (χ3v) is 3.01. The number of methoxy groups -OCH3 is 2. The lowest BCUT2D eigenvalue weighted by atomic mass is 10.2. The minimum Gasteiger partial charge on any atom is -0.494 e. The van der Waals surface area contributed by atoms with Crippen LogP contribution < -0.4 is 10.1 Å². The van der Waals surface area contributed by atoms with Gasteiger partial charge < -0.3 is 14.8 Å². The summed E-state index contributed by atoms with van der Waals surface area (Å²) in [6.07, 6.45) is 0. The number of nitrogens with one attached hydrogen (secondary N) is 1. The first kappa shape index (κ1) is 13.8. The van der Waals surface area contributed by atoms with Crippen LogP contribution >= 0.6 is 0 Å². The van der Waals surface area contributed by atoms with Crippen molar-refractivity contribution in [2.24, 2.45) is 0 Å². The summed E-state index contributed by atoms with van der Waals surface area (Å²) in [5.74, 6) is 0.810. The third kappa shape index (κ3) is 3.43. The highest BCUT2D eigenvalue weighted by molar-refractivity contribution is 5.84. The van der Waals surface area contributed by atoms with E-state index in [-0.39, 0.29) is 0 Å². The lowest BCUT2D eigenvalue weighted by molar-refractivity contribution is 0.171. The van der Waals surface area contributed by atoms with E-state index in [2.05, 4.69) is 23.3 Å². The lowest BCUT2D eigenvalue weighted by Crippen LogP contribution is -2.29. The van der Waals surface area contributed by atoms with Gasteiger partial charge in [0.2, 0.25) is 0 Å². The predicted octanol–water partition coefficient (Wildman–Crippen LogP) is 2.37. The zero-order chi connectivity index (χ0) is 13.7. The largest absolute Gasteiger partial charge is 0.494 e. The quantitative estimate of drug-likeness (QED) is 0.866. The summed E-state index contributed by atoms with van der Waals surface area (Å²) >= 11 is 0. The first-order chi connectivity index (χ1) is 9.24. The molecule has 1 heterocycles. The number of hydrogen-bond donors (Lipinski definition) is 1. The van der Waals surface area contributed by atoms with Crippen LogP contribution in [0.4, 0.5) is 0 Å². The fourth-order valence-corrected chi connectivity index (χ4v) is 2.01. The maximum Gasteiger partial charge on any atom is 0.145 e. The molecule has 0 radical (unpaired) electrons. The highest BCUT2D eigenvalue weighted by Gasteiger charge is 2.05. The number of para-hydroxylation sites is 1. The predicted molar refractivity (Wildman–Crippen MR) is 76.5 cm³/mol. The fourth-order valence-electron chi connectivity index (χ4n) is 2.01. The van der Waals surface area contributed by atoms with E-state index in [1.807, 2.05) is 24.3 Å². The molecule has 0 aliphatic heterocycles. The summed E-state index contributed by atoms with van der Waals surface area (Å²) in [5, 5.41) is 4.46. The number of aromatic nitrogens is 1. The molecule has 1 atom stereocenters. The zero-order valence-corrected chi connectivity index (χ0v) is 11.6. The van der Waals surface area contributed by atoms with E-state index < -0.39 is 0 Å². The summed E-state index contributed by atoms with van der Waals surface area (Å²) < 4.78 is 10.4. The second-order valence-corrected chi connectivity index (χ2v) is 4.57. The SMILES string of the molecule is COCC(C)NCc1ccc2cccc(OC)c2n1. The summed E-state index contributed by atoms with van der Waals surface area (Å²) in [4.78, 5) is 4.65. The van der Waals surface area contributed by atoms with Crippen molar-refractivity contribution in [3.8, 4) is 5.75 Å². The van der Waals surface area contributed by atoms with Gasteiger partial charge in [0.1, 0.15) is 11.3 Å². The topological polar surface area (TPSA) is 43.4 Å². The molecule has 1 N–H and O–H groups in total. The number of fused-ring (bicyclic) bond motifs is 1. The fraction of sp³-hybridized carbons (Fsp3) is 0.400. The van der Waals surface area contributed by atoms with Crippen LogP contribution in [0.2, 0.25) is 0 Å². The van der Waals surface area contributed by atoms with Crippen LogP contribution in [0.25, 0.3) is 10.9 Å². The average Bonchev–Trinajstić information content (AvgIpc) is 2.44. The molecule has 19 heavy (non-hydrogen) atoms. The molecule has 2 aromatic rings. The Bertz CT molecular complexity index is 543. The van der Waals surface area contributed by atoms with Gasteiger partial charge in [0, 0.05) is 25.1 Å². The minimum atomic E-state index is 0.306. The smallest absolute Gasteiger partial charge is 0.145 e. The van der Waals surface area contributed by atoms with Crippen molar-refractivity contribution in [1.29, 1.82) is 0 Å². The number of rotatable bonds is 6. The number of benzene rings is 1. The van der Waals surface area contributed by atoms with Crippen molar-refractivity contribution in [1.82, 2.24) is 10.3 Å². The molecule has 0 spiro atoms. The van der Waals surface area contributed by atoms with Crippen molar-refractivity contribution in [3.05, 3.63) is 36.0 Å². The molecule has 0 saturated carbocycles. The molecule has 0 saturated heterocycles. The standard InChI is InChI=1S/C15H20N2O2/c1-11(10-18-2)16-9-13-8-7-12-5-4-6-14(19-3)15(12)17-13/h4-8,11,16H,9-10H2,1-3H3. The Balaban J connectivity index is 2.16. The van der Waals surface area contributed by atoms with Gasteiger partial charge in [-0.3, -0.25) is 0 Å². The van der Waals surface area contributed by atoms with Gasteiger partial charge in [-0.15, -0.1) is 0 Å². The Kier molecular flexibility index (Phi) is 4.71. The molecule has 1 unspecified atom stereocenters. The highest BCUT2D eigenvalue weighted by atomic mass is 16.5. The number of hydrogen-bond acceptors (Lipinski definition) is 4. The van der Waals surface area contributed by atoms with Crippen LogP contribution in [-0.4, -0.2) is 31.9 Å². The van der Waals surface area contributed by atoms with Gasteiger partial charge in [-0.1, -0.05) is 18.2 Å². The summed E-state index contributed by atoms with van der Waals surface area (Å²) in [6, 6.07) is 10.4. The normalized spacial score (nSPS) is 12.6. The summed E-state index contributed by atoms with van der Waals surface area (Å²) in [7, 11) is 3.37. The molecule has 0 aliphatic carbocycles. The van der Waals surface area contributed by atoms with Gasteiger partial charge in [0.05, 0.1) is 19.4 Å². The minimum absolute atomic E-state index is 0.306. The van der Waals surface area contributed by atoms with E-state index in [9.17, 15) is 0 Å². The van der Waals surface area contributed by atoms with Crippen molar-refractivity contribution in [3.63, 3.8) is 0 Å². The first-order valence-corrected chi connectivity index (χ1v) is 6.39. The molecule has 0 amide bonds. The van der Waals surface area contributed by atoms with E-state index in [1.165, 1.54) is 0 Å². The molecule has 4 nitrogen and oxygen atoms in total. The van der Waals surface area contributed by atoms with E-state index in [0.717, 1.165) is 28.9 Å². The van der Waals surface area contributed by atoms with E-state index >= 15 is 0 Å². The van der Waals surface area contributed by atoms with Gasteiger partial charge in [0.15, 0.2) is 0 Å². The van der Waals surface area contributed by atoms with Crippen LogP contribution in [0.3, 0.4) is 0 Å². The molecule has 1 aromatic heterocycles. The van der Waals surface area contributed by atoms with Crippen LogP contribution in [0.5, 0.6) is 5.75 Å². The Labute approximate surface area is 113 Å². The Hall–Kier alpha value is -1.65. The van der Waals surface area contributed by atoms with Crippen molar-refractivity contribution < 1.29 is 9.47 Å². The highest BCUT2D eigenvalue weighted by Crippen LogP contribution is 2.23. The molecular formula is C15H20N2O2. The van der Waals surface area contributed by atoms with Crippen LogP contribution in [0.1, 0.15) is 12.6 Å². The monoisotopic (exact) mass is 260 g/mol. The molecular weight excluding hydrogens is 240 g/mol. The van der Waals surface area contributed by atoms with E-state index in [1.54, 1.807) is 14.2 Å². The number of pyridine rings is 1. The van der Waals surface area contributed by atoms with Crippen molar-refractivity contribution in [2.75, 3.05) is 20.8 Å². The molecule has 0 fully saturated rings. The third-order valence-electron chi connectivity index (χ3n) is 3.01. The Morgan fingerprint density at radius 2 is 2.05 bits per heavy atom. The van der Waals surface area contributed by atoms with Gasteiger partial charge >= 0.3 is 0 Å². The van der Waals surface area contributed by atoms with Gasteiger partial charge in [-0.25, -0.2) is 4.98 Å². The average molecular weight is 260 g/mol. The maximum absolute atomic E-state index is 5.34. The number of nitrogens with zero attached hydrogens (tertiary/aromatic N) is 1. The van der Waals surface area contributed by atoms with Crippen molar-refractivity contribution >= 4 is 10.9 Å². The lowest BCUT2D eigenvalue weighted by Gasteiger charge is -2.13. The second kappa shape index (κ2) is 6.50. The van der Waals surface area contributed by atoms with Gasteiger partial charge in [0.25, 0.3) is 0 Å². The van der Waals surface area contributed by atoms with E-state index in [4.69, 9.17) is 9.47 Å². The first-order valence-electron chi connectivity index (χ1n) is 6.39. The molecule has 1 aromatic carbocycles. The molecule has 4 heteroatoms. The summed E-state index contributed by atoms with van der Waals surface area (Å²) in [6.45, 7) is 3.50. The van der Waals surface area contributed by atoms with Crippen LogP contribution in [0.15, 0.2) is 30.3 Å². The van der Waals surface area contributed by atoms with E-state index in [0.29, 0.717) is 12.6 Å².